The lowest BCUT2D eigenvalue weighted by Crippen LogP contribution is -1.84. The molecule has 8 heavy (non-hydrogen) atoms. The summed E-state index contributed by atoms with van der Waals surface area (Å²) < 4.78 is 0. The van der Waals surface area contributed by atoms with Crippen LogP contribution in [0.1, 0.15) is 27.2 Å². The number of hydrogen-bond donors (Lipinski definition) is 0. The molecule has 0 N–H and O–H groups in total. The molecule has 0 rings (SSSR count). The van der Waals surface area contributed by atoms with Gasteiger partial charge in [-0.1, -0.05) is 31.5 Å². The lowest BCUT2D eigenvalue weighted by atomic mass is 10.1. The lowest BCUT2D eigenvalue weighted by Gasteiger charge is -1.99. The van der Waals surface area contributed by atoms with Crippen molar-refractivity contribution in [2.24, 2.45) is 5.92 Å². The van der Waals surface area contributed by atoms with E-state index in [9.17, 15) is 0 Å². The minimum absolute atomic E-state index is 0.679. The largest absolute Gasteiger partial charge is 0.0895 e. The average Bonchev–Trinajstić information content (AvgIpc) is 1.65. The van der Waals surface area contributed by atoms with E-state index >= 15 is 0 Å². The van der Waals surface area contributed by atoms with Gasteiger partial charge < -0.3 is 0 Å². The van der Waals surface area contributed by atoms with Crippen LogP contribution >= 0.6 is 11.6 Å². The molecule has 0 radical (unpaired) electrons. The summed E-state index contributed by atoms with van der Waals surface area (Å²) in [5.41, 5.74) is 0. The van der Waals surface area contributed by atoms with E-state index in [4.69, 9.17) is 11.6 Å². The molecule has 0 bridgehead atoms. The first-order chi connectivity index (χ1) is 3.66. The molecule has 0 aromatic heterocycles. The third-order valence-electron chi connectivity index (χ3n) is 0.916. The highest BCUT2D eigenvalue weighted by Crippen LogP contribution is 2.13. The number of hydrogen-bond acceptors (Lipinski definition) is 0. The van der Waals surface area contributed by atoms with E-state index in [0.717, 1.165) is 11.5 Å². The highest BCUT2D eigenvalue weighted by Gasteiger charge is 1.94. The van der Waals surface area contributed by atoms with Crippen LogP contribution in [0.15, 0.2) is 11.1 Å². The van der Waals surface area contributed by atoms with E-state index in [0.29, 0.717) is 5.92 Å². The van der Waals surface area contributed by atoms with Gasteiger partial charge in [-0.3, -0.25) is 0 Å². The Labute approximate surface area is 56.5 Å². The monoisotopic (exact) mass is 132 g/mol. The molecule has 0 aliphatic rings. The highest BCUT2D eigenvalue weighted by atomic mass is 35.5. The molecule has 0 aliphatic carbocycles. The number of halogens is 1. The predicted octanol–water partition coefficient (Wildman–Crippen LogP) is 3.18. The van der Waals surface area contributed by atoms with E-state index in [-0.39, 0.29) is 0 Å². The second-order valence-electron chi connectivity index (χ2n) is 2.33. The minimum atomic E-state index is 0.679. The summed E-state index contributed by atoms with van der Waals surface area (Å²) in [6, 6.07) is 0. The Bertz CT molecular complexity index is 82.4. The Morgan fingerprint density at radius 3 is 2.25 bits per heavy atom. The number of allylic oxidation sites excluding steroid dienone is 2. The molecule has 0 saturated heterocycles. The van der Waals surface area contributed by atoms with Crippen LogP contribution in [0, 0.1) is 5.92 Å². The van der Waals surface area contributed by atoms with Crippen LogP contribution in [0.2, 0.25) is 0 Å². The standard InChI is InChI=1S/C7H13Cl/c1-4-7(8)5-6(2)3/h4,6H,5H2,1-3H3/b7-4-. The summed E-state index contributed by atoms with van der Waals surface area (Å²) >= 11 is 5.72. The van der Waals surface area contributed by atoms with E-state index in [1.54, 1.807) is 0 Å². The molecule has 0 aromatic carbocycles. The van der Waals surface area contributed by atoms with Crippen LogP contribution in [-0.2, 0) is 0 Å². The van der Waals surface area contributed by atoms with Gasteiger partial charge in [0.2, 0.25) is 0 Å². The van der Waals surface area contributed by atoms with Crippen molar-refractivity contribution < 1.29 is 0 Å². The van der Waals surface area contributed by atoms with Crippen LogP contribution in [-0.4, -0.2) is 0 Å². The molecule has 0 saturated carbocycles. The summed E-state index contributed by atoms with van der Waals surface area (Å²) in [7, 11) is 0. The molecular formula is C7H13Cl. The third-order valence-corrected chi connectivity index (χ3v) is 1.29. The van der Waals surface area contributed by atoms with E-state index in [1.165, 1.54) is 0 Å². The smallest absolute Gasteiger partial charge is 0.0140 e. The van der Waals surface area contributed by atoms with Gasteiger partial charge in [0, 0.05) is 5.03 Å². The molecule has 0 spiro atoms. The minimum Gasteiger partial charge on any atom is -0.0895 e. The van der Waals surface area contributed by atoms with Gasteiger partial charge in [0.15, 0.2) is 0 Å². The summed E-state index contributed by atoms with van der Waals surface area (Å²) in [6.07, 6.45) is 2.96. The molecule has 0 unspecified atom stereocenters. The van der Waals surface area contributed by atoms with Crippen molar-refractivity contribution in [3.63, 3.8) is 0 Å². The van der Waals surface area contributed by atoms with Gasteiger partial charge >= 0.3 is 0 Å². The van der Waals surface area contributed by atoms with Gasteiger partial charge in [0.25, 0.3) is 0 Å². The highest BCUT2D eigenvalue weighted by molar-refractivity contribution is 6.29. The second kappa shape index (κ2) is 3.96. The van der Waals surface area contributed by atoms with E-state index < -0.39 is 0 Å². The molecule has 0 fully saturated rings. The van der Waals surface area contributed by atoms with Gasteiger partial charge in [-0.05, 0) is 19.3 Å². The Hall–Kier alpha value is 0.0300. The molecule has 0 aliphatic heterocycles. The Kier molecular flexibility index (Phi) is 3.98. The van der Waals surface area contributed by atoms with Gasteiger partial charge in [0.1, 0.15) is 0 Å². The van der Waals surface area contributed by atoms with Gasteiger partial charge in [-0.15, -0.1) is 0 Å². The van der Waals surface area contributed by atoms with Crippen LogP contribution in [0.5, 0.6) is 0 Å². The van der Waals surface area contributed by atoms with Gasteiger partial charge in [0.05, 0.1) is 0 Å². The fraction of sp³-hybridized carbons (Fsp3) is 0.714. The van der Waals surface area contributed by atoms with Crippen molar-refractivity contribution >= 4 is 11.6 Å². The normalized spacial score (nSPS) is 12.9. The first-order valence-electron chi connectivity index (χ1n) is 2.97. The summed E-state index contributed by atoms with van der Waals surface area (Å²) in [5, 5.41) is 0.972. The van der Waals surface area contributed by atoms with E-state index in [1.807, 2.05) is 13.0 Å². The van der Waals surface area contributed by atoms with Crippen molar-refractivity contribution in [1.29, 1.82) is 0 Å². The van der Waals surface area contributed by atoms with Crippen LogP contribution in [0.3, 0.4) is 0 Å². The van der Waals surface area contributed by atoms with Crippen molar-refractivity contribution in [3.8, 4) is 0 Å². The summed E-state index contributed by atoms with van der Waals surface area (Å²) in [4.78, 5) is 0. The zero-order valence-corrected chi connectivity index (χ0v) is 6.50. The second-order valence-corrected chi connectivity index (χ2v) is 2.82. The summed E-state index contributed by atoms with van der Waals surface area (Å²) in [5.74, 6) is 0.679. The predicted molar refractivity (Wildman–Crippen MR) is 39.1 cm³/mol. The van der Waals surface area contributed by atoms with Crippen LogP contribution < -0.4 is 0 Å². The molecule has 0 amide bonds. The van der Waals surface area contributed by atoms with Crippen molar-refractivity contribution in [3.05, 3.63) is 11.1 Å². The van der Waals surface area contributed by atoms with Gasteiger partial charge in [-0.2, -0.15) is 0 Å². The average molecular weight is 133 g/mol. The molecule has 0 heterocycles. The van der Waals surface area contributed by atoms with Crippen LogP contribution in [0.4, 0.5) is 0 Å². The Balaban J connectivity index is 3.39. The number of rotatable bonds is 2. The zero-order chi connectivity index (χ0) is 6.57. The lowest BCUT2D eigenvalue weighted by molar-refractivity contribution is 0.657. The van der Waals surface area contributed by atoms with Crippen molar-refractivity contribution in [2.45, 2.75) is 27.2 Å². The fourth-order valence-electron chi connectivity index (χ4n) is 0.508. The zero-order valence-electron chi connectivity index (χ0n) is 5.74. The quantitative estimate of drug-likeness (QED) is 0.542. The summed E-state index contributed by atoms with van der Waals surface area (Å²) in [6.45, 7) is 6.28. The van der Waals surface area contributed by atoms with Gasteiger partial charge in [-0.25, -0.2) is 0 Å². The molecule has 0 aromatic rings. The molecule has 0 atom stereocenters. The maximum Gasteiger partial charge on any atom is 0.0140 e. The fourth-order valence-corrected chi connectivity index (χ4v) is 0.816. The Morgan fingerprint density at radius 1 is 1.62 bits per heavy atom. The van der Waals surface area contributed by atoms with Crippen LogP contribution in [0.25, 0.3) is 0 Å². The maximum atomic E-state index is 5.72. The third kappa shape index (κ3) is 4.20. The first kappa shape index (κ1) is 8.03. The SMILES string of the molecule is C/C=C(\Cl)CC(C)C. The molecule has 1 heteroatoms. The molecular weight excluding hydrogens is 120 g/mol. The topological polar surface area (TPSA) is 0 Å². The Morgan fingerprint density at radius 2 is 2.12 bits per heavy atom. The molecule has 0 nitrogen and oxygen atoms in total. The molecule has 48 valence electrons. The van der Waals surface area contributed by atoms with Crippen molar-refractivity contribution in [1.82, 2.24) is 0 Å². The van der Waals surface area contributed by atoms with Crippen molar-refractivity contribution in [2.75, 3.05) is 0 Å². The maximum absolute atomic E-state index is 5.72. The van der Waals surface area contributed by atoms with E-state index in [2.05, 4.69) is 13.8 Å². The first-order valence-corrected chi connectivity index (χ1v) is 3.35.